The highest BCUT2D eigenvalue weighted by Crippen LogP contribution is 2.21. The van der Waals surface area contributed by atoms with Gasteiger partial charge < -0.3 is 20.7 Å². The minimum atomic E-state index is 0.717. The molecule has 4 heteroatoms. The van der Waals surface area contributed by atoms with Gasteiger partial charge in [0, 0.05) is 36.6 Å². The van der Waals surface area contributed by atoms with E-state index in [1.54, 1.807) is 7.11 Å². The quantitative estimate of drug-likeness (QED) is 0.712. The minimum Gasteiger partial charge on any atom is -0.497 e. The molecule has 0 aliphatic rings. The van der Waals surface area contributed by atoms with Gasteiger partial charge >= 0.3 is 0 Å². The molecule has 0 spiro atoms. The average Bonchev–Trinajstić information content (AvgIpc) is 2.34. The molecule has 0 aliphatic heterocycles. The molecule has 0 radical (unpaired) electrons. The van der Waals surface area contributed by atoms with Crippen LogP contribution in [0, 0.1) is 0 Å². The fourth-order valence-electron chi connectivity index (χ4n) is 1.74. The summed E-state index contributed by atoms with van der Waals surface area (Å²) in [6.45, 7) is 8.45. The fraction of sp³-hybridized carbons (Fsp3) is 0.538. The van der Waals surface area contributed by atoms with Crippen LogP contribution >= 0.6 is 0 Å². The van der Waals surface area contributed by atoms with Gasteiger partial charge in [-0.15, -0.1) is 0 Å². The van der Waals surface area contributed by atoms with E-state index in [-0.39, 0.29) is 0 Å². The molecule has 0 aliphatic carbocycles. The molecule has 1 aromatic carbocycles. The molecule has 4 nitrogen and oxygen atoms in total. The number of nitrogens with two attached hydrogens (primary N) is 1. The van der Waals surface area contributed by atoms with Crippen molar-refractivity contribution in [3.8, 4) is 5.75 Å². The van der Waals surface area contributed by atoms with Crippen LogP contribution in [0.3, 0.4) is 0 Å². The van der Waals surface area contributed by atoms with Gasteiger partial charge in [0.1, 0.15) is 5.75 Å². The maximum absolute atomic E-state index is 5.79. The summed E-state index contributed by atoms with van der Waals surface area (Å²) in [6, 6.07) is 5.69. The first-order chi connectivity index (χ1) is 8.19. The van der Waals surface area contributed by atoms with Gasteiger partial charge in [-0.2, -0.15) is 0 Å². The molecule has 0 heterocycles. The third-order valence-electron chi connectivity index (χ3n) is 2.82. The number of nitrogens with zero attached hydrogens (tertiary/aromatic N) is 1. The lowest BCUT2D eigenvalue weighted by Crippen LogP contribution is -2.28. The molecular weight excluding hydrogens is 214 g/mol. The number of likely N-dealkylation sites (N-methyl/N-ethyl adjacent to an activating group) is 1. The van der Waals surface area contributed by atoms with E-state index in [9.17, 15) is 0 Å². The lowest BCUT2D eigenvalue weighted by molar-refractivity contribution is 0.316. The highest BCUT2D eigenvalue weighted by atomic mass is 16.5. The van der Waals surface area contributed by atoms with Gasteiger partial charge in [-0.25, -0.2) is 0 Å². The van der Waals surface area contributed by atoms with E-state index in [0.717, 1.165) is 43.3 Å². The maximum Gasteiger partial charge on any atom is 0.122 e. The molecule has 0 saturated heterocycles. The van der Waals surface area contributed by atoms with E-state index in [4.69, 9.17) is 10.5 Å². The highest BCUT2D eigenvalue weighted by Gasteiger charge is 2.01. The van der Waals surface area contributed by atoms with Gasteiger partial charge in [-0.3, -0.25) is 0 Å². The summed E-state index contributed by atoms with van der Waals surface area (Å²) in [5, 5.41) is 3.36. The Hall–Kier alpha value is -1.42. The van der Waals surface area contributed by atoms with E-state index < -0.39 is 0 Å². The molecule has 17 heavy (non-hydrogen) atoms. The SMILES string of the molecule is CCN(CC)CCNc1cc(N)cc(OC)c1. The van der Waals surface area contributed by atoms with Crippen LogP contribution in [0.4, 0.5) is 11.4 Å². The van der Waals surface area contributed by atoms with E-state index in [0.29, 0.717) is 0 Å². The predicted octanol–water partition coefficient (Wildman–Crippen LogP) is 2.03. The monoisotopic (exact) mass is 237 g/mol. The van der Waals surface area contributed by atoms with Gasteiger partial charge in [0.2, 0.25) is 0 Å². The summed E-state index contributed by atoms with van der Waals surface area (Å²) in [6.07, 6.45) is 0. The summed E-state index contributed by atoms with van der Waals surface area (Å²) in [4.78, 5) is 2.37. The molecular formula is C13H23N3O. The second kappa shape index (κ2) is 7.01. The van der Waals surface area contributed by atoms with Gasteiger partial charge in [0.25, 0.3) is 0 Å². The molecule has 0 unspecified atom stereocenters. The third-order valence-corrected chi connectivity index (χ3v) is 2.82. The van der Waals surface area contributed by atoms with Gasteiger partial charge in [0.15, 0.2) is 0 Å². The summed E-state index contributed by atoms with van der Waals surface area (Å²) < 4.78 is 5.18. The number of anilines is 2. The number of rotatable bonds is 7. The van der Waals surface area contributed by atoms with Crippen molar-refractivity contribution >= 4 is 11.4 Å². The molecule has 0 amide bonds. The Morgan fingerprint density at radius 1 is 1.24 bits per heavy atom. The van der Waals surface area contributed by atoms with Crippen LogP contribution in [0.25, 0.3) is 0 Å². The van der Waals surface area contributed by atoms with Crippen molar-refractivity contribution in [2.75, 3.05) is 44.3 Å². The zero-order chi connectivity index (χ0) is 12.7. The summed E-state index contributed by atoms with van der Waals surface area (Å²) in [5.41, 5.74) is 7.51. The Morgan fingerprint density at radius 3 is 2.53 bits per heavy atom. The van der Waals surface area contributed by atoms with Crippen molar-refractivity contribution in [3.63, 3.8) is 0 Å². The van der Waals surface area contributed by atoms with Crippen molar-refractivity contribution in [2.24, 2.45) is 0 Å². The lowest BCUT2D eigenvalue weighted by atomic mass is 10.2. The van der Waals surface area contributed by atoms with E-state index in [1.807, 2.05) is 18.2 Å². The minimum absolute atomic E-state index is 0.717. The Morgan fingerprint density at radius 2 is 1.94 bits per heavy atom. The molecule has 0 aromatic heterocycles. The van der Waals surface area contributed by atoms with E-state index >= 15 is 0 Å². The largest absolute Gasteiger partial charge is 0.497 e. The van der Waals surface area contributed by atoms with Crippen LogP contribution in [0.5, 0.6) is 5.75 Å². The number of nitrogen functional groups attached to an aromatic ring is 1. The normalized spacial score (nSPS) is 10.6. The zero-order valence-corrected chi connectivity index (χ0v) is 11.0. The van der Waals surface area contributed by atoms with Crippen LogP contribution in [0.2, 0.25) is 0 Å². The second-order valence-corrected chi connectivity index (χ2v) is 3.95. The molecule has 96 valence electrons. The van der Waals surface area contributed by atoms with Crippen molar-refractivity contribution in [3.05, 3.63) is 18.2 Å². The maximum atomic E-state index is 5.79. The standard InChI is InChI=1S/C13H23N3O/c1-4-16(5-2)7-6-15-12-8-11(14)9-13(10-12)17-3/h8-10,15H,4-7,14H2,1-3H3. The van der Waals surface area contributed by atoms with Gasteiger partial charge in [0.05, 0.1) is 7.11 Å². The van der Waals surface area contributed by atoms with Crippen LogP contribution in [0.1, 0.15) is 13.8 Å². The number of hydrogen-bond acceptors (Lipinski definition) is 4. The van der Waals surface area contributed by atoms with Crippen molar-refractivity contribution < 1.29 is 4.74 Å². The Kier molecular flexibility index (Phi) is 5.63. The topological polar surface area (TPSA) is 50.5 Å². The van der Waals surface area contributed by atoms with Crippen molar-refractivity contribution in [1.82, 2.24) is 4.90 Å². The van der Waals surface area contributed by atoms with Crippen LogP contribution in [-0.4, -0.2) is 38.2 Å². The first-order valence-corrected chi connectivity index (χ1v) is 6.10. The molecule has 3 N–H and O–H groups in total. The van der Waals surface area contributed by atoms with E-state index in [2.05, 4.69) is 24.1 Å². The predicted molar refractivity (Wildman–Crippen MR) is 73.7 cm³/mol. The van der Waals surface area contributed by atoms with E-state index in [1.165, 1.54) is 0 Å². The van der Waals surface area contributed by atoms with Crippen molar-refractivity contribution in [1.29, 1.82) is 0 Å². The third kappa shape index (κ3) is 4.53. The molecule has 0 bridgehead atoms. The lowest BCUT2D eigenvalue weighted by Gasteiger charge is -2.18. The van der Waals surface area contributed by atoms with Crippen molar-refractivity contribution in [2.45, 2.75) is 13.8 Å². The summed E-state index contributed by atoms with van der Waals surface area (Å²) >= 11 is 0. The number of methoxy groups -OCH3 is 1. The van der Waals surface area contributed by atoms with Crippen LogP contribution in [0.15, 0.2) is 18.2 Å². The van der Waals surface area contributed by atoms with Crippen LogP contribution < -0.4 is 15.8 Å². The Bertz CT molecular complexity index is 337. The number of nitrogens with one attached hydrogen (secondary N) is 1. The molecule has 0 saturated carbocycles. The smallest absolute Gasteiger partial charge is 0.122 e. The van der Waals surface area contributed by atoms with Crippen LogP contribution in [-0.2, 0) is 0 Å². The average molecular weight is 237 g/mol. The molecule has 0 atom stereocenters. The molecule has 1 aromatic rings. The molecule has 0 fully saturated rings. The number of hydrogen-bond donors (Lipinski definition) is 2. The highest BCUT2D eigenvalue weighted by molar-refractivity contribution is 5.59. The zero-order valence-electron chi connectivity index (χ0n) is 11.0. The number of ether oxygens (including phenoxy) is 1. The Balaban J connectivity index is 2.48. The second-order valence-electron chi connectivity index (χ2n) is 3.95. The first kappa shape index (κ1) is 13.6. The molecule has 1 rings (SSSR count). The number of benzene rings is 1. The van der Waals surface area contributed by atoms with Gasteiger partial charge in [-0.1, -0.05) is 13.8 Å². The fourth-order valence-corrected chi connectivity index (χ4v) is 1.74. The summed E-state index contributed by atoms with van der Waals surface area (Å²) in [7, 11) is 1.65. The summed E-state index contributed by atoms with van der Waals surface area (Å²) in [5.74, 6) is 0.787. The van der Waals surface area contributed by atoms with Gasteiger partial charge in [-0.05, 0) is 19.2 Å². The Labute approximate surface area is 104 Å². The first-order valence-electron chi connectivity index (χ1n) is 6.10.